The molecule has 0 aromatic heterocycles. The van der Waals surface area contributed by atoms with E-state index in [4.69, 9.17) is 9.84 Å². The molecular formula is C11H21NO4. The van der Waals surface area contributed by atoms with E-state index in [0.717, 1.165) is 0 Å². The second-order valence-electron chi connectivity index (χ2n) is 4.13. The van der Waals surface area contributed by atoms with Crippen LogP contribution in [0.4, 0.5) is 0 Å². The summed E-state index contributed by atoms with van der Waals surface area (Å²) in [5.74, 6) is -1.18. The van der Waals surface area contributed by atoms with Gasteiger partial charge < -0.3 is 15.2 Å². The van der Waals surface area contributed by atoms with Crippen molar-refractivity contribution >= 4 is 11.9 Å². The molecule has 0 aromatic rings. The van der Waals surface area contributed by atoms with Gasteiger partial charge in [-0.3, -0.25) is 4.79 Å². The smallest absolute Gasteiger partial charge is 0.326 e. The molecule has 0 aliphatic carbocycles. The predicted molar refractivity (Wildman–Crippen MR) is 60.1 cm³/mol. The topological polar surface area (TPSA) is 75.6 Å². The third-order valence-corrected chi connectivity index (χ3v) is 2.11. The normalized spacial score (nSPS) is 14.6. The highest BCUT2D eigenvalue weighted by Gasteiger charge is 2.23. The third kappa shape index (κ3) is 5.70. The number of carbonyl (C=O) groups excluding carboxylic acids is 1. The molecule has 1 unspecified atom stereocenters. The van der Waals surface area contributed by atoms with Crippen LogP contribution in [0.3, 0.4) is 0 Å². The Balaban J connectivity index is 4.28. The van der Waals surface area contributed by atoms with Gasteiger partial charge in [0.15, 0.2) is 0 Å². The molecule has 0 aliphatic rings. The molecule has 5 nitrogen and oxygen atoms in total. The lowest BCUT2D eigenvalue weighted by atomic mass is 10.0. The zero-order valence-electron chi connectivity index (χ0n) is 10.3. The summed E-state index contributed by atoms with van der Waals surface area (Å²) >= 11 is 0. The number of amides is 1. The van der Waals surface area contributed by atoms with Crippen LogP contribution in [0, 0.1) is 5.92 Å². The van der Waals surface area contributed by atoms with Gasteiger partial charge in [-0.2, -0.15) is 0 Å². The van der Waals surface area contributed by atoms with Gasteiger partial charge in [0.2, 0.25) is 5.91 Å². The van der Waals surface area contributed by atoms with E-state index >= 15 is 0 Å². The first-order valence-corrected chi connectivity index (χ1v) is 5.53. The first-order valence-electron chi connectivity index (χ1n) is 5.53. The van der Waals surface area contributed by atoms with E-state index in [1.165, 1.54) is 0 Å². The Morgan fingerprint density at radius 2 is 1.88 bits per heavy atom. The Labute approximate surface area is 96.2 Å². The van der Waals surface area contributed by atoms with Crippen molar-refractivity contribution in [1.82, 2.24) is 5.32 Å². The molecule has 1 amide bonds. The molecule has 2 atom stereocenters. The highest BCUT2D eigenvalue weighted by atomic mass is 16.5. The van der Waals surface area contributed by atoms with Crippen molar-refractivity contribution < 1.29 is 19.4 Å². The Hall–Kier alpha value is -1.10. The van der Waals surface area contributed by atoms with Gasteiger partial charge >= 0.3 is 5.97 Å². The van der Waals surface area contributed by atoms with Gasteiger partial charge in [-0.1, -0.05) is 13.8 Å². The number of ether oxygens (including phenoxy) is 1. The van der Waals surface area contributed by atoms with Crippen molar-refractivity contribution in [1.29, 1.82) is 0 Å². The molecule has 16 heavy (non-hydrogen) atoms. The van der Waals surface area contributed by atoms with Crippen LogP contribution >= 0.6 is 0 Å². The monoisotopic (exact) mass is 231 g/mol. The first-order chi connectivity index (χ1) is 7.38. The maximum absolute atomic E-state index is 11.5. The number of carboxylic acid groups (broad SMARTS) is 1. The minimum absolute atomic E-state index is 0.212. The number of hydrogen-bond acceptors (Lipinski definition) is 3. The van der Waals surface area contributed by atoms with E-state index in [9.17, 15) is 9.59 Å². The maximum atomic E-state index is 11.5. The highest BCUT2D eigenvalue weighted by Crippen LogP contribution is 2.05. The lowest BCUT2D eigenvalue weighted by Crippen LogP contribution is -2.46. The van der Waals surface area contributed by atoms with Gasteiger partial charge in [0.05, 0.1) is 0 Å². The van der Waals surface area contributed by atoms with E-state index in [0.29, 0.717) is 13.0 Å². The van der Waals surface area contributed by atoms with Crippen LogP contribution in [-0.2, 0) is 14.3 Å². The minimum Gasteiger partial charge on any atom is -0.480 e. The Bertz CT molecular complexity index is 240. The summed E-state index contributed by atoms with van der Waals surface area (Å²) in [5, 5.41) is 11.4. The number of hydrogen-bond donors (Lipinski definition) is 2. The van der Waals surface area contributed by atoms with Gasteiger partial charge in [0, 0.05) is 6.61 Å². The van der Waals surface area contributed by atoms with Crippen molar-refractivity contribution in [2.45, 2.75) is 46.3 Å². The zero-order valence-corrected chi connectivity index (χ0v) is 10.3. The summed E-state index contributed by atoms with van der Waals surface area (Å²) in [4.78, 5) is 22.4. The second kappa shape index (κ2) is 7.22. The van der Waals surface area contributed by atoms with E-state index in [2.05, 4.69) is 5.32 Å². The van der Waals surface area contributed by atoms with Crippen molar-refractivity contribution in [2.24, 2.45) is 5.92 Å². The largest absolute Gasteiger partial charge is 0.480 e. The Kier molecular flexibility index (Phi) is 6.72. The van der Waals surface area contributed by atoms with Gasteiger partial charge in [0.1, 0.15) is 12.1 Å². The van der Waals surface area contributed by atoms with E-state index in [-0.39, 0.29) is 11.8 Å². The highest BCUT2D eigenvalue weighted by molar-refractivity contribution is 5.86. The zero-order chi connectivity index (χ0) is 12.7. The van der Waals surface area contributed by atoms with E-state index in [1.807, 2.05) is 13.8 Å². The Morgan fingerprint density at radius 3 is 2.25 bits per heavy atom. The predicted octanol–water partition coefficient (Wildman–Crippen LogP) is 1.03. The molecule has 0 heterocycles. The molecule has 0 aliphatic heterocycles. The van der Waals surface area contributed by atoms with E-state index < -0.39 is 18.1 Å². The molecule has 0 rings (SSSR count). The third-order valence-electron chi connectivity index (χ3n) is 2.11. The van der Waals surface area contributed by atoms with Crippen LogP contribution in [0.25, 0.3) is 0 Å². The van der Waals surface area contributed by atoms with E-state index in [1.54, 1.807) is 13.8 Å². The van der Waals surface area contributed by atoms with Crippen molar-refractivity contribution in [2.75, 3.05) is 6.61 Å². The summed E-state index contributed by atoms with van der Waals surface area (Å²) in [6.07, 6.45) is -0.195. The summed E-state index contributed by atoms with van der Waals surface area (Å²) < 4.78 is 5.08. The average Bonchev–Trinajstić information content (AvgIpc) is 2.16. The first kappa shape index (κ1) is 14.9. The van der Waals surface area contributed by atoms with Crippen molar-refractivity contribution in [3.8, 4) is 0 Å². The maximum Gasteiger partial charge on any atom is 0.326 e. The summed E-state index contributed by atoms with van der Waals surface area (Å²) in [6.45, 7) is 7.64. The fraction of sp³-hybridized carbons (Fsp3) is 0.818. The quantitative estimate of drug-likeness (QED) is 0.686. The summed E-state index contributed by atoms with van der Waals surface area (Å²) in [5.41, 5.74) is 0. The van der Waals surface area contributed by atoms with Gasteiger partial charge in [0.25, 0.3) is 0 Å². The molecule has 0 saturated heterocycles. The molecular weight excluding hydrogens is 210 g/mol. The number of carboxylic acids is 1. The van der Waals surface area contributed by atoms with Crippen molar-refractivity contribution in [3.05, 3.63) is 0 Å². The standard InChI is InChI=1S/C11H21NO4/c1-5-16-8(4)10(13)12-9(11(14)15)6-7(2)3/h7-9H,5-6H2,1-4H3,(H,12,13)(H,14,15)/t8?,9-/m1/s1. The summed E-state index contributed by atoms with van der Waals surface area (Å²) in [6, 6.07) is -0.838. The molecule has 94 valence electrons. The van der Waals surface area contributed by atoms with Crippen LogP contribution in [0.1, 0.15) is 34.1 Å². The minimum atomic E-state index is -1.01. The molecule has 0 aromatic carbocycles. The fourth-order valence-corrected chi connectivity index (χ4v) is 1.31. The molecule has 0 radical (unpaired) electrons. The molecule has 0 saturated carbocycles. The number of aliphatic carboxylic acids is 1. The lowest BCUT2D eigenvalue weighted by Gasteiger charge is -2.19. The molecule has 0 spiro atoms. The van der Waals surface area contributed by atoms with Crippen LogP contribution in [0.2, 0.25) is 0 Å². The van der Waals surface area contributed by atoms with Gasteiger partial charge in [-0.15, -0.1) is 0 Å². The van der Waals surface area contributed by atoms with Crippen LogP contribution < -0.4 is 5.32 Å². The average molecular weight is 231 g/mol. The van der Waals surface area contributed by atoms with Crippen LogP contribution in [0.5, 0.6) is 0 Å². The number of nitrogens with one attached hydrogen (secondary N) is 1. The van der Waals surface area contributed by atoms with Gasteiger partial charge in [-0.05, 0) is 26.2 Å². The number of carbonyl (C=O) groups is 2. The Morgan fingerprint density at radius 1 is 1.31 bits per heavy atom. The lowest BCUT2D eigenvalue weighted by molar-refractivity contribution is -0.144. The van der Waals surface area contributed by atoms with Crippen molar-refractivity contribution in [3.63, 3.8) is 0 Å². The number of rotatable bonds is 7. The second-order valence-corrected chi connectivity index (χ2v) is 4.13. The van der Waals surface area contributed by atoms with Crippen LogP contribution in [0.15, 0.2) is 0 Å². The SMILES string of the molecule is CCOC(C)C(=O)N[C@H](CC(C)C)C(=O)O. The summed E-state index contributed by atoms with van der Waals surface area (Å²) in [7, 11) is 0. The van der Waals surface area contributed by atoms with Gasteiger partial charge in [-0.25, -0.2) is 4.79 Å². The molecule has 0 fully saturated rings. The van der Waals surface area contributed by atoms with Crippen LogP contribution in [-0.4, -0.2) is 35.7 Å². The molecule has 2 N–H and O–H groups in total. The fourth-order valence-electron chi connectivity index (χ4n) is 1.31. The molecule has 5 heteroatoms. The molecule has 0 bridgehead atoms.